The molecule has 8 N–H and O–H groups in total. The first-order chi connectivity index (χ1) is 6.24. The number of nitrogens with zero attached hydrogens (tertiary/aromatic N) is 1. The number of nitrogens with two attached hydrogens (primary N) is 4. The van der Waals surface area contributed by atoms with E-state index in [-0.39, 0.29) is 0 Å². The summed E-state index contributed by atoms with van der Waals surface area (Å²) in [5.41, 5.74) is 19.6. The number of thiocyanates is 1. The van der Waals surface area contributed by atoms with Crippen LogP contribution in [0.4, 0.5) is 0 Å². The van der Waals surface area contributed by atoms with Gasteiger partial charge < -0.3 is 35.6 Å². The predicted octanol–water partition coefficient (Wildman–Crippen LogP) is -1.49. The van der Waals surface area contributed by atoms with Crippen molar-refractivity contribution in [2.45, 2.75) is 0 Å². The molecule has 0 saturated heterocycles. The van der Waals surface area contributed by atoms with Gasteiger partial charge in [-0.05, 0) is 0 Å². The summed E-state index contributed by atoms with van der Waals surface area (Å²) in [5, 5.41) is 8.47. The molecule has 0 radical (unpaired) electrons. The van der Waals surface area contributed by atoms with Crippen molar-refractivity contribution in [3.8, 4) is 5.40 Å². The molecular weight excluding hydrogens is 257 g/mol. The molecule has 0 aliphatic rings. The van der Waals surface area contributed by atoms with Gasteiger partial charge in [-0.25, -0.2) is 5.26 Å². The van der Waals surface area contributed by atoms with Gasteiger partial charge in [0.05, 0.1) is 0 Å². The van der Waals surface area contributed by atoms with Crippen molar-refractivity contribution < 1.29 is 14.8 Å². The van der Waals surface area contributed by atoms with Crippen LogP contribution in [-0.4, -0.2) is 26.2 Å². The van der Waals surface area contributed by atoms with E-state index in [1.54, 1.807) is 0 Å². The van der Waals surface area contributed by atoms with Gasteiger partial charge in [0.25, 0.3) is 0 Å². The molecule has 0 spiro atoms. The van der Waals surface area contributed by atoms with Gasteiger partial charge in [0.15, 0.2) is 0 Å². The normalized spacial score (nSPS) is 5.62. The van der Waals surface area contributed by atoms with Crippen molar-refractivity contribution >= 4 is 22.8 Å². The van der Waals surface area contributed by atoms with Crippen molar-refractivity contribution in [1.29, 1.82) is 5.26 Å². The second kappa shape index (κ2) is 55.6. The summed E-state index contributed by atoms with van der Waals surface area (Å²) < 4.78 is 0. The van der Waals surface area contributed by atoms with E-state index in [0.717, 1.165) is 0 Å². The van der Waals surface area contributed by atoms with Gasteiger partial charge in [0, 0.05) is 26.2 Å². The minimum atomic E-state index is 0.597. The Balaban J connectivity index is -0.0000000431. The predicted molar refractivity (Wildman–Crippen MR) is 55.0 cm³/mol. The molecule has 0 unspecified atom stereocenters. The zero-order valence-electron chi connectivity index (χ0n) is 7.20. The third kappa shape index (κ3) is 240. The first-order valence-corrected chi connectivity index (χ1v) is 5.03. The molecule has 0 bridgehead atoms. The van der Waals surface area contributed by atoms with Crippen LogP contribution < -0.4 is 22.9 Å². The summed E-state index contributed by atoms with van der Waals surface area (Å²) >= 11 is 6.73. The Morgan fingerprint density at radius 3 is 1.08 bits per heavy atom. The second-order valence-corrected chi connectivity index (χ2v) is 1.43. The van der Waals surface area contributed by atoms with Crippen LogP contribution in [0.1, 0.15) is 0 Å². The molecular formula is C5H16ClCoN5S. The SMILES string of the molecule is N#C[S-].NCCN.NCCN.[Cl][Co+]. The molecule has 0 atom stereocenters. The molecule has 0 aromatic rings. The third-order valence-corrected chi connectivity index (χ3v) is 0.333. The Morgan fingerprint density at radius 1 is 1.00 bits per heavy atom. The molecule has 5 nitrogen and oxygen atoms in total. The van der Waals surface area contributed by atoms with Crippen LogP contribution in [0, 0.1) is 10.7 Å². The summed E-state index contributed by atoms with van der Waals surface area (Å²) in [5.74, 6) is 0. The Hall–Kier alpha value is 0.346. The maximum atomic E-state index is 7.13. The van der Waals surface area contributed by atoms with Crippen LogP contribution in [-0.2, 0) is 27.5 Å². The standard InChI is InChI=1S/2C2H8N2.CHNS.ClH.Co/c2*3-1-2-4;2-1-3;;/h2*1-4H2;3H;1H;/q;;;;+2/p-2. The van der Waals surface area contributed by atoms with Crippen molar-refractivity contribution in [3.63, 3.8) is 0 Å². The van der Waals surface area contributed by atoms with Gasteiger partial charge in [-0.15, -0.1) is 0 Å². The Kier molecular flexibility index (Phi) is 99.6. The van der Waals surface area contributed by atoms with Crippen LogP contribution in [0.15, 0.2) is 0 Å². The fraction of sp³-hybridized carbons (Fsp3) is 0.800. The van der Waals surface area contributed by atoms with Crippen LogP contribution in [0.2, 0.25) is 0 Å². The molecule has 0 fully saturated rings. The van der Waals surface area contributed by atoms with E-state index in [1.807, 2.05) is 0 Å². The second-order valence-electron chi connectivity index (χ2n) is 1.25. The zero-order valence-corrected chi connectivity index (χ0v) is 9.82. The monoisotopic (exact) mass is 272 g/mol. The molecule has 8 heteroatoms. The number of hydrogen-bond acceptors (Lipinski definition) is 6. The molecule has 0 aromatic heterocycles. The topological polar surface area (TPSA) is 128 Å². The molecule has 0 saturated carbocycles. The summed E-state index contributed by atoms with van der Waals surface area (Å²) in [6.45, 7) is 2.39. The van der Waals surface area contributed by atoms with E-state index in [9.17, 15) is 0 Å². The van der Waals surface area contributed by atoms with Crippen molar-refractivity contribution in [2.24, 2.45) is 22.9 Å². The number of halogens is 1. The van der Waals surface area contributed by atoms with Crippen LogP contribution in [0.25, 0.3) is 0 Å². The maximum absolute atomic E-state index is 7.13. The van der Waals surface area contributed by atoms with Gasteiger partial charge in [0.1, 0.15) is 0 Å². The van der Waals surface area contributed by atoms with Gasteiger partial charge in [-0.3, -0.25) is 0 Å². The Bertz CT molecular complexity index is 73.8. The Labute approximate surface area is 97.4 Å². The summed E-state index contributed by atoms with van der Waals surface area (Å²) in [6, 6.07) is 0. The number of hydrogen-bond donors (Lipinski definition) is 4. The minimum absolute atomic E-state index is 0.597. The van der Waals surface area contributed by atoms with E-state index in [4.69, 9.17) is 28.2 Å². The molecule has 83 valence electrons. The van der Waals surface area contributed by atoms with E-state index < -0.39 is 0 Å². The molecule has 0 aromatic carbocycles. The molecule has 0 rings (SSSR count). The van der Waals surface area contributed by atoms with E-state index in [1.165, 1.54) is 5.40 Å². The average Bonchev–Trinajstić information content (AvgIpc) is 2.22. The van der Waals surface area contributed by atoms with Crippen LogP contribution >= 0.6 is 10.1 Å². The molecule has 0 heterocycles. The van der Waals surface area contributed by atoms with Crippen LogP contribution in [0.5, 0.6) is 0 Å². The first-order valence-electron chi connectivity index (χ1n) is 3.19. The van der Waals surface area contributed by atoms with Crippen molar-refractivity contribution in [3.05, 3.63) is 0 Å². The molecule has 0 aliphatic carbocycles. The first kappa shape index (κ1) is 23.3. The summed E-state index contributed by atoms with van der Waals surface area (Å²) in [6.07, 6.45) is 0. The molecule has 0 amide bonds. The fourth-order valence-electron chi connectivity index (χ4n) is 0. The van der Waals surface area contributed by atoms with Crippen molar-refractivity contribution in [2.75, 3.05) is 26.2 Å². The van der Waals surface area contributed by atoms with Crippen LogP contribution in [0.3, 0.4) is 0 Å². The third-order valence-electron chi connectivity index (χ3n) is 0.333. The zero-order chi connectivity index (χ0) is 11.5. The van der Waals surface area contributed by atoms with Gasteiger partial charge >= 0.3 is 25.0 Å². The van der Waals surface area contributed by atoms with E-state index >= 15 is 0 Å². The number of nitriles is 1. The number of rotatable bonds is 2. The average molecular weight is 273 g/mol. The van der Waals surface area contributed by atoms with E-state index in [0.29, 0.717) is 26.2 Å². The van der Waals surface area contributed by atoms with Gasteiger partial charge in [-0.1, -0.05) is 5.40 Å². The fourth-order valence-corrected chi connectivity index (χ4v) is 0. The Morgan fingerprint density at radius 2 is 1.08 bits per heavy atom. The van der Waals surface area contributed by atoms with Crippen molar-refractivity contribution in [1.82, 2.24) is 0 Å². The molecule has 13 heavy (non-hydrogen) atoms. The molecule has 0 aliphatic heterocycles. The van der Waals surface area contributed by atoms with Gasteiger partial charge in [-0.2, -0.15) is 0 Å². The summed E-state index contributed by atoms with van der Waals surface area (Å²) in [7, 11) is 4.33. The quantitative estimate of drug-likeness (QED) is 0.358. The summed E-state index contributed by atoms with van der Waals surface area (Å²) in [4.78, 5) is 0. The van der Waals surface area contributed by atoms with E-state index in [2.05, 4.69) is 37.6 Å². The van der Waals surface area contributed by atoms with Gasteiger partial charge in [0.2, 0.25) is 0 Å².